The van der Waals surface area contributed by atoms with Crippen molar-refractivity contribution in [3.8, 4) is 0 Å². The molecule has 0 radical (unpaired) electrons. The topological polar surface area (TPSA) is 126 Å². The molecule has 3 N–H and O–H groups in total. The third kappa shape index (κ3) is 6.58. The van der Waals surface area contributed by atoms with Crippen LogP contribution in [0.4, 0.5) is 22.0 Å². The Morgan fingerprint density at radius 1 is 1.12 bits per heavy atom. The van der Waals surface area contributed by atoms with Gasteiger partial charge in [-0.2, -0.15) is 13.2 Å². The summed E-state index contributed by atoms with van der Waals surface area (Å²) in [5, 5.41) is 12.7. The van der Waals surface area contributed by atoms with E-state index in [-0.39, 0.29) is 36.0 Å². The van der Waals surface area contributed by atoms with Gasteiger partial charge in [0.2, 0.25) is 11.8 Å². The van der Waals surface area contributed by atoms with Crippen molar-refractivity contribution in [2.75, 3.05) is 0 Å². The van der Waals surface area contributed by atoms with Crippen molar-refractivity contribution in [1.29, 1.82) is 0 Å². The summed E-state index contributed by atoms with van der Waals surface area (Å²) < 4.78 is 71.1. The third-order valence-corrected chi connectivity index (χ3v) is 7.53. The van der Waals surface area contributed by atoms with Crippen molar-refractivity contribution in [2.24, 2.45) is 11.8 Å². The summed E-state index contributed by atoms with van der Waals surface area (Å²) in [6.07, 6.45) is -4.53. The molecule has 14 heteroatoms. The molecular weight excluding hydrogens is 539 g/mol. The van der Waals surface area contributed by atoms with Crippen molar-refractivity contribution in [2.45, 2.75) is 82.5 Å². The lowest BCUT2D eigenvalue weighted by molar-refractivity contribution is -0.144. The molecule has 40 heavy (non-hydrogen) atoms. The second-order valence-corrected chi connectivity index (χ2v) is 10.8. The molecule has 2 fully saturated rings. The van der Waals surface area contributed by atoms with Crippen LogP contribution in [0.1, 0.15) is 91.0 Å². The zero-order valence-corrected chi connectivity index (χ0v) is 21.7. The lowest BCUT2D eigenvalue weighted by Gasteiger charge is -2.33. The Morgan fingerprint density at radius 2 is 1.90 bits per heavy atom. The summed E-state index contributed by atoms with van der Waals surface area (Å²) in [5.41, 5.74) is 1.95. The van der Waals surface area contributed by atoms with Gasteiger partial charge in [-0.1, -0.05) is 11.2 Å². The molecule has 2 aliphatic carbocycles. The molecule has 0 aliphatic heterocycles. The Kier molecular flexibility index (Phi) is 7.53. The molecule has 0 saturated heterocycles. The van der Waals surface area contributed by atoms with Crippen LogP contribution in [0, 0.1) is 18.8 Å². The number of halogens is 5. The standard InChI is InChI=1S/C26H29F5N6O3/c1-13-20(37-40-36-13)24(39)35-22(16-3-2-9-25(27,28)12-16)23-32-17-7-6-15(11-18(17)33-23)21(14-4-5-14)34-19(38)8-10-26(29,30)31/h6-7,11,14,16,21-22H,2-5,8-10,12H2,1H3,(H,32,33)(H,34,38)(H,35,39)/t16-,21-,22+/m1/s1. The van der Waals surface area contributed by atoms with Gasteiger partial charge < -0.3 is 15.6 Å². The van der Waals surface area contributed by atoms with Crippen LogP contribution in [-0.2, 0) is 4.79 Å². The molecule has 3 atom stereocenters. The predicted octanol–water partition coefficient (Wildman–Crippen LogP) is 5.46. The molecule has 2 amide bonds. The summed E-state index contributed by atoms with van der Waals surface area (Å²) in [7, 11) is 0. The highest BCUT2D eigenvalue weighted by Crippen LogP contribution is 2.43. The third-order valence-electron chi connectivity index (χ3n) is 7.53. The Labute approximate surface area is 225 Å². The first-order valence-corrected chi connectivity index (χ1v) is 13.2. The number of fused-ring (bicyclic) bond motifs is 1. The van der Waals surface area contributed by atoms with Crippen molar-refractivity contribution in [3.63, 3.8) is 0 Å². The van der Waals surface area contributed by atoms with Gasteiger partial charge in [-0.05, 0) is 67.3 Å². The first kappa shape index (κ1) is 28.0. The molecule has 5 rings (SSSR count). The molecule has 2 aromatic heterocycles. The molecule has 2 saturated carbocycles. The van der Waals surface area contributed by atoms with Crippen LogP contribution in [0.25, 0.3) is 11.0 Å². The SMILES string of the molecule is Cc1nonc1C(=O)N[C@H](c1nc2ccc([C@H](NC(=O)CCC(F)(F)F)C3CC3)cc2[nH]1)[C@@H]1CCCC(F)(F)C1. The van der Waals surface area contributed by atoms with Gasteiger partial charge in [0.05, 0.1) is 29.5 Å². The lowest BCUT2D eigenvalue weighted by Crippen LogP contribution is -2.39. The van der Waals surface area contributed by atoms with E-state index in [1.165, 1.54) is 6.92 Å². The number of rotatable bonds is 9. The zero-order chi connectivity index (χ0) is 28.7. The highest BCUT2D eigenvalue weighted by Gasteiger charge is 2.42. The number of amides is 2. The normalized spacial score (nSPS) is 20.7. The fourth-order valence-corrected chi connectivity index (χ4v) is 5.34. The molecular formula is C26H29F5N6O3. The number of aromatic amines is 1. The molecule has 1 aromatic carbocycles. The number of nitrogens with one attached hydrogen (secondary N) is 3. The fourth-order valence-electron chi connectivity index (χ4n) is 5.34. The van der Waals surface area contributed by atoms with E-state index in [1.54, 1.807) is 18.2 Å². The second-order valence-electron chi connectivity index (χ2n) is 10.8. The average Bonchev–Trinajstić information content (AvgIpc) is 3.49. The first-order chi connectivity index (χ1) is 18.9. The fraction of sp³-hybridized carbons (Fsp3) is 0.577. The molecule has 9 nitrogen and oxygen atoms in total. The van der Waals surface area contributed by atoms with Crippen LogP contribution in [0.3, 0.4) is 0 Å². The maximum Gasteiger partial charge on any atom is 0.389 e. The van der Waals surface area contributed by atoms with Crippen molar-refractivity contribution in [1.82, 2.24) is 30.9 Å². The number of hydrogen-bond acceptors (Lipinski definition) is 6. The Morgan fingerprint density at radius 3 is 2.55 bits per heavy atom. The summed E-state index contributed by atoms with van der Waals surface area (Å²) in [6.45, 7) is 1.54. The van der Waals surface area contributed by atoms with E-state index in [2.05, 4.69) is 35.5 Å². The van der Waals surface area contributed by atoms with Crippen molar-refractivity contribution in [3.05, 3.63) is 41.0 Å². The maximum atomic E-state index is 14.4. The zero-order valence-electron chi connectivity index (χ0n) is 21.7. The van der Waals surface area contributed by atoms with Crippen LogP contribution in [-0.4, -0.2) is 44.2 Å². The smallest absolute Gasteiger partial charge is 0.349 e. The molecule has 216 valence electrons. The van der Waals surface area contributed by atoms with Gasteiger partial charge >= 0.3 is 6.18 Å². The number of aryl methyl sites for hydroxylation is 1. The maximum absolute atomic E-state index is 14.4. The van der Waals surface area contributed by atoms with E-state index >= 15 is 0 Å². The Bertz CT molecular complexity index is 1380. The van der Waals surface area contributed by atoms with Crippen LogP contribution in [0.2, 0.25) is 0 Å². The predicted molar refractivity (Wildman–Crippen MR) is 131 cm³/mol. The van der Waals surface area contributed by atoms with E-state index in [4.69, 9.17) is 0 Å². The van der Waals surface area contributed by atoms with E-state index in [9.17, 15) is 31.5 Å². The van der Waals surface area contributed by atoms with Gasteiger partial charge in [-0.25, -0.2) is 18.4 Å². The summed E-state index contributed by atoms with van der Waals surface area (Å²) in [6, 6.07) is 3.84. The van der Waals surface area contributed by atoms with Gasteiger partial charge in [0.15, 0.2) is 5.69 Å². The second kappa shape index (κ2) is 10.8. The minimum Gasteiger partial charge on any atom is -0.349 e. The quantitative estimate of drug-likeness (QED) is 0.295. The van der Waals surface area contributed by atoms with E-state index in [0.29, 0.717) is 23.0 Å². The highest BCUT2D eigenvalue weighted by molar-refractivity contribution is 5.93. The molecule has 0 bridgehead atoms. The van der Waals surface area contributed by atoms with Gasteiger partial charge in [-0.3, -0.25) is 9.59 Å². The summed E-state index contributed by atoms with van der Waals surface area (Å²) in [5.74, 6) is -4.41. The van der Waals surface area contributed by atoms with Gasteiger partial charge in [0, 0.05) is 19.3 Å². The van der Waals surface area contributed by atoms with Crippen LogP contribution < -0.4 is 10.6 Å². The molecule has 0 spiro atoms. The lowest BCUT2D eigenvalue weighted by atomic mass is 9.81. The molecule has 0 unspecified atom stereocenters. The monoisotopic (exact) mass is 568 g/mol. The average molecular weight is 569 g/mol. The first-order valence-electron chi connectivity index (χ1n) is 13.2. The molecule has 2 aliphatic rings. The minimum atomic E-state index is -4.42. The van der Waals surface area contributed by atoms with Gasteiger partial charge in [0.1, 0.15) is 11.5 Å². The van der Waals surface area contributed by atoms with E-state index < -0.39 is 61.2 Å². The molecule has 3 aromatic rings. The number of H-pyrrole nitrogens is 1. The summed E-state index contributed by atoms with van der Waals surface area (Å²) >= 11 is 0. The minimum absolute atomic E-state index is 0.0560. The van der Waals surface area contributed by atoms with Gasteiger partial charge in [0.25, 0.3) is 5.91 Å². The van der Waals surface area contributed by atoms with Crippen molar-refractivity contribution >= 4 is 22.8 Å². The van der Waals surface area contributed by atoms with Crippen LogP contribution in [0.15, 0.2) is 22.8 Å². The largest absolute Gasteiger partial charge is 0.389 e. The number of nitrogens with zero attached hydrogens (tertiary/aromatic N) is 3. The Balaban J connectivity index is 1.41. The number of carbonyl (C=O) groups excluding carboxylic acids is 2. The Hall–Kier alpha value is -3.58. The number of benzene rings is 1. The van der Waals surface area contributed by atoms with Gasteiger partial charge in [-0.15, -0.1) is 0 Å². The summed E-state index contributed by atoms with van der Waals surface area (Å²) in [4.78, 5) is 33.0. The number of hydrogen-bond donors (Lipinski definition) is 3. The number of alkyl halides is 5. The van der Waals surface area contributed by atoms with Crippen LogP contribution >= 0.6 is 0 Å². The van der Waals surface area contributed by atoms with E-state index in [1.807, 2.05) is 0 Å². The van der Waals surface area contributed by atoms with E-state index in [0.717, 1.165) is 12.8 Å². The number of carbonyl (C=O) groups is 2. The number of aromatic nitrogens is 4. The number of imidazole rings is 1. The van der Waals surface area contributed by atoms with Crippen molar-refractivity contribution < 1.29 is 36.2 Å². The molecule has 2 heterocycles. The van der Waals surface area contributed by atoms with Crippen LogP contribution in [0.5, 0.6) is 0 Å². The highest BCUT2D eigenvalue weighted by atomic mass is 19.4.